The Labute approximate surface area is 170 Å². The highest BCUT2D eigenvalue weighted by molar-refractivity contribution is 9.10. The van der Waals surface area contributed by atoms with Crippen LogP contribution in [-0.4, -0.2) is 18.7 Å². The van der Waals surface area contributed by atoms with Gasteiger partial charge < -0.3 is 9.15 Å². The van der Waals surface area contributed by atoms with Crippen LogP contribution in [0.1, 0.15) is 23.0 Å². The molecule has 0 saturated carbocycles. The molecule has 0 spiro atoms. The minimum Gasteiger partial charge on any atom is -0.493 e. The van der Waals surface area contributed by atoms with Crippen molar-refractivity contribution in [2.75, 3.05) is 6.61 Å². The predicted molar refractivity (Wildman–Crippen MR) is 114 cm³/mol. The van der Waals surface area contributed by atoms with Gasteiger partial charge in [0.15, 0.2) is 5.76 Å². The van der Waals surface area contributed by atoms with Crippen LogP contribution in [0.25, 0.3) is 21.7 Å². The van der Waals surface area contributed by atoms with Crippen LogP contribution < -0.4 is 10.2 Å². The van der Waals surface area contributed by atoms with Crippen molar-refractivity contribution in [3.05, 3.63) is 76.5 Å². The smallest absolute Gasteiger partial charge is 0.307 e. The van der Waals surface area contributed by atoms with Crippen molar-refractivity contribution >= 4 is 49.8 Å². The number of rotatable bonds is 5. The van der Waals surface area contributed by atoms with Gasteiger partial charge in [-0.25, -0.2) is 5.43 Å². The highest BCUT2D eigenvalue weighted by Crippen LogP contribution is 2.28. The molecule has 0 aliphatic rings. The average Bonchev–Trinajstić information content (AvgIpc) is 3.13. The van der Waals surface area contributed by atoms with E-state index in [2.05, 4.69) is 26.5 Å². The lowest BCUT2D eigenvalue weighted by Gasteiger charge is -2.09. The maximum absolute atomic E-state index is 12.3. The first-order valence-corrected chi connectivity index (χ1v) is 9.62. The largest absolute Gasteiger partial charge is 0.493 e. The van der Waals surface area contributed by atoms with Crippen molar-refractivity contribution in [3.8, 4) is 5.75 Å². The van der Waals surface area contributed by atoms with E-state index < -0.39 is 5.91 Å². The van der Waals surface area contributed by atoms with Gasteiger partial charge in [-0.1, -0.05) is 40.2 Å². The van der Waals surface area contributed by atoms with Crippen molar-refractivity contribution in [3.63, 3.8) is 0 Å². The molecule has 1 N–H and O–H groups in total. The second-order valence-corrected chi connectivity index (χ2v) is 7.04. The van der Waals surface area contributed by atoms with E-state index in [0.29, 0.717) is 12.2 Å². The molecule has 0 saturated heterocycles. The summed E-state index contributed by atoms with van der Waals surface area (Å²) < 4.78 is 12.2. The van der Waals surface area contributed by atoms with Crippen molar-refractivity contribution in [1.82, 2.24) is 5.43 Å². The molecule has 1 aromatic heterocycles. The summed E-state index contributed by atoms with van der Waals surface area (Å²) in [7, 11) is 0. The van der Waals surface area contributed by atoms with Gasteiger partial charge in [-0.05, 0) is 48.7 Å². The highest BCUT2D eigenvalue weighted by Gasteiger charge is 2.12. The van der Waals surface area contributed by atoms with E-state index in [1.54, 1.807) is 12.3 Å². The fourth-order valence-corrected chi connectivity index (χ4v) is 3.41. The summed E-state index contributed by atoms with van der Waals surface area (Å²) in [5.41, 5.74) is 4.05. The van der Waals surface area contributed by atoms with Gasteiger partial charge >= 0.3 is 5.91 Å². The van der Waals surface area contributed by atoms with Crippen LogP contribution in [0.2, 0.25) is 0 Å². The molecule has 0 fully saturated rings. The van der Waals surface area contributed by atoms with E-state index in [1.807, 2.05) is 61.5 Å². The second-order valence-electron chi connectivity index (χ2n) is 6.12. The Morgan fingerprint density at radius 2 is 1.96 bits per heavy atom. The summed E-state index contributed by atoms with van der Waals surface area (Å²) in [6.45, 7) is 2.55. The van der Waals surface area contributed by atoms with Crippen LogP contribution >= 0.6 is 15.9 Å². The topological polar surface area (TPSA) is 63.8 Å². The number of nitrogens with zero attached hydrogens (tertiary/aromatic N) is 1. The van der Waals surface area contributed by atoms with Gasteiger partial charge in [-0.2, -0.15) is 5.10 Å². The maximum atomic E-state index is 12.3. The summed E-state index contributed by atoms with van der Waals surface area (Å²) >= 11 is 3.41. The molecule has 4 aromatic rings. The Kier molecular flexibility index (Phi) is 5.12. The van der Waals surface area contributed by atoms with E-state index in [1.165, 1.54) is 0 Å². The second kappa shape index (κ2) is 7.86. The quantitative estimate of drug-likeness (QED) is 0.331. The number of ether oxygens (including phenoxy) is 1. The summed E-state index contributed by atoms with van der Waals surface area (Å²) in [5.74, 6) is 0.633. The molecule has 0 radical (unpaired) electrons. The molecule has 3 aromatic carbocycles. The van der Waals surface area contributed by atoms with E-state index >= 15 is 0 Å². The summed E-state index contributed by atoms with van der Waals surface area (Å²) in [4.78, 5) is 12.3. The normalized spacial score (nSPS) is 11.4. The molecule has 0 aliphatic heterocycles. The number of carbonyl (C=O) groups excluding carboxylic acids is 1. The van der Waals surface area contributed by atoms with Crippen molar-refractivity contribution in [2.24, 2.45) is 5.10 Å². The molecule has 6 heteroatoms. The molecular formula is C22H17BrN2O3. The number of halogens is 1. The van der Waals surface area contributed by atoms with Crippen LogP contribution in [0.4, 0.5) is 0 Å². The van der Waals surface area contributed by atoms with Crippen LogP contribution in [0, 0.1) is 0 Å². The third-order valence-electron chi connectivity index (χ3n) is 4.29. The van der Waals surface area contributed by atoms with Gasteiger partial charge in [0.05, 0.1) is 12.8 Å². The Balaban J connectivity index is 1.55. The zero-order valence-electron chi connectivity index (χ0n) is 15.1. The van der Waals surface area contributed by atoms with E-state index in [0.717, 1.165) is 31.9 Å². The Morgan fingerprint density at radius 1 is 1.14 bits per heavy atom. The Morgan fingerprint density at radius 3 is 2.79 bits per heavy atom. The summed E-state index contributed by atoms with van der Waals surface area (Å²) in [6, 6.07) is 19.0. The van der Waals surface area contributed by atoms with Crippen LogP contribution in [0.15, 0.2) is 74.7 Å². The molecule has 1 amide bonds. The van der Waals surface area contributed by atoms with Crippen LogP contribution in [0.3, 0.4) is 0 Å². The zero-order chi connectivity index (χ0) is 19.5. The zero-order valence-corrected chi connectivity index (χ0v) is 16.7. The monoisotopic (exact) mass is 436 g/mol. The number of amides is 1. The van der Waals surface area contributed by atoms with Gasteiger partial charge in [-0.15, -0.1) is 0 Å². The minimum absolute atomic E-state index is 0.210. The van der Waals surface area contributed by atoms with E-state index in [4.69, 9.17) is 9.15 Å². The molecule has 140 valence electrons. The number of nitrogens with one attached hydrogen (secondary N) is 1. The minimum atomic E-state index is -0.404. The van der Waals surface area contributed by atoms with Gasteiger partial charge in [0.25, 0.3) is 0 Å². The summed E-state index contributed by atoms with van der Waals surface area (Å²) in [5, 5.41) is 6.95. The maximum Gasteiger partial charge on any atom is 0.307 e. The number of carbonyl (C=O) groups is 1. The number of benzene rings is 3. The van der Waals surface area contributed by atoms with Crippen molar-refractivity contribution in [2.45, 2.75) is 6.92 Å². The molecule has 0 bridgehead atoms. The van der Waals surface area contributed by atoms with E-state index in [9.17, 15) is 4.79 Å². The van der Waals surface area contributed by atoms with Gasteiger partial charge in [0.1, 0.15) is 11.3 Å². The molecule has 4 rings (SSSR count). The third-order valence-corrected chi connectivity index (χ3v) is 4.78. The third kappa shape index (κ3) is 3.64. The molecule has 0 aliphatic carbocycles. The lowest BCUT2D eigenvalue weighted by Crippen LogP contribution is -2.16. The first kappa shape index (κ1) is 18.3. The molecule has 28 heavy (non-hydrogen) atoms. The highest BCUT2D eigenvalue weighted by atomic mass is 79.9. The Hall–Kier alpha value is -3.12. The van der Waals surface area contributed by atoms with Crippen molar-refractivity contribution < 1.29 is 13.9 Å². The SMILES string of the molecule is CCOc1ccc(/C=N/NC(=O)c2cc3cc(Br)ccc3o2)c2ccccc12. The molecule has 0 atom stereocenters. The lowest BCUT2D eigenvalue weighted by molar-refractivity contribution is 0.0929. The molecule has 0 unspecified atom stereocenters. The fourth-order valence-electron chi connectivity index (χ4n) is 3.03. The number of fused-ring (bicyclic) bond motifs is 2. The number of hydrazone groups is 1. The average molecular weight is 437 g/mol. The van der Waals surface area contributed by atoms with Crippen LogP contribution in [0.5, 0.6) is 5.75 Å². The molecule has 1 heterocycles. The first-order chi connectivity index (χ1) is 13.7. The number of hydrogen-bond acceptors (Lipinski definition) is 4. The van der Waals surface area contributed by atoms with E-state index in [-0.39, 0.29) is 5.76 Å². The Bertz CT molecular complexity index is 1200. The number of furan rings is 1. The van der Waals surface area contributed by atoms with Gasteiger partial charge in [0.2, 0.25) is 0 Å². The fraction of sp³-hybridized carbons (Fsp3) is 0.0909. The number of hydrogen-bond donors (Lipinski definition) is 1. The standard InChI is InChI=1S/C22H17BrN2O3/c1-2-27-20-9-7-14(17-5-3-4-6-18(17)20)13-24-25-22(26)21-12-15-11-16(23)8-10-19(15)28-21/h3-13H,2H2,1H3,(H,25,26)/b24-13+. The van der Waals surface area contributed by atoms with Crippen LogP contribution in [-0.2, 0) is 0 Å². The van der Waals surface area contributed by atoms with Crippen molar-refractivity contribution in [1.29, 1.82) is 0 Å². The molecule has 5 nitrogen and oxygen atoms in total. The lowest BCUT2D eigenvalue weighted by atomic mass is 10.0. The molecular weight excluding hydrogens is 420 g/mol. The van der Waals surface area contributed by atoms with Gasteiger partial charge in [0, 0.05) is 20.8 Å². The summed E-state index contributed by atoms with van der Waals surface area (Å²) in [6.07, 6.45) is 1.62. The first-order valence-electron chi connectivity index (χ1n) is 8.83. The van der Waals surface area contributed by atoms with Gasteiger partial charge in [-0.3, -0.25) is 4.79 Å². The predicted octanol–water partition coefficient (Wildman–Crippen LogP) is 5.51.